The molecule has 0 saturated heterocycles. The molecule has 0 radical (unpaired) electrons. The number of methoxy groups -OCH3 is 1. The maximum absolute atomic E-state index is 9.65. The van der Waals surface area contributed by atoms with E-state index < -0.39 is 0 Å². The zero-order chi connectivity index (χ0) is 19.9. The molecule has 1 atom stereocenters. The second-order valence-electron chi connectivity index (χ2n) is 6.68. The highest BCUT2D eigenvalue weighted by molar-refractivity contribution is 5.68. The van der Waals surface area contributed by atoms with Gasteiger partial charge >= 0.3 is 0 Å². The molecule has 0 bridgehead atoms. The minimum Gasteiger partial charge on any atom is -0.495 e. The number of hydrogen-bond donors (Lipinski definition) is 3. The summed E-state index contributed by atoms with van der Waals surface area (Å²) in [5, 5.41) is 16.2. The quantitative estimate of drug-likeness (QED) is 0.549. The van der Waals surface area contributed by atoms with Gasteiger partial charge in [0.15, 0.2) is 0 Å². The molecule has 0 saturated carbocycles. The van der Waals surface area contributed by atoms with Gasteiger partial charge in [-0.3, -0.25) is 4.98 Å². The first-order chi connectivity index (χ1) is 13.6. The van der Waals surface area contributed by atoms with Gasteiger partial charge < -0.3 is 20.5 Å². The van der Waals surface area contributed by atoms with Crippen LogP contribution in [0.4, 0.5) is 17.5 Å². The minimum absolute atomic E-state index is 0.00981. The Morgan fingerprint density at radius 2 is 1.82 bits per heavy atom. The van der Waals surface area contributed by atoms with Crippen molar-refractivity contribution in [2.45, 2.75) is 19.9 Å². The van der Waals surface area contributed by atoms with Gasteiger partial charge in [-0.25, -0.2) is 4.98 Å². The molecule has 0 aliphatic carbocycles. The van der Waals surface area contributed by atoms with Crippen molar-refractivity contribution in [3.63, 3.8) is 0 Å². The SMILES string of the molecule is COc1ccccc1Nc1cc(-c2ccccn2)nc(N[C@@H](CO)C(C)C)n1. The molecule has 2 aromatic heterocycles. The van der Waals surface area contributed by atoms with Crippen LogP contribution in [0.25, 0.3) is 11.4 Å². The molecule has 0 aliphatic rings. The maximum Gasteiger partial charge on any atom is 0.225 e. The Bertz CT molecular complexity index is 902. The van der Waals surface area contributed by atoms with E-state index in [0.717, 1.165) is 11.4 Å². The third-order valence-electron chi connectivity index (χ3n) is 4.34. The summed E-state index contributed by atoms with van der Waals surface area (Å²) < 4.78 is 5.41. The molecule has 1 aromatic carbocycles. The monoisotopic (exact) mass is 379 g/mol. The number of benzene rings is 1. The normalized spacial score (nSPS) is 11.9. The molecule has 0 fully saturated rings. The van der Waals surface area contributed by atoms with E-state index >= 15 is 0 Å². The number of nitrogens with zero attached hydrogens (tertiary/aromatic N) is 3. The molecule has 0 unspecified atom stereocenters. The van der Waals surface area contributed by atoms with Gasteiger partial charge in [0, 0.05) is 12.3 Å². The van der Waals surface area contributed by atoms with Gasteiger partial charge in [-0.1, -0.05) is 32.0 Å². The van der Waals surface area contributed by atoms with Gasteiger partial charge in [0.1, 0.15) is 11.6 Å². The zero-order valence-electron chi connectivity index (χ0n) is 16.3. The number of nitrogens with one attached hydrogen (secondary N) is 2. The maximum atomic E-state index is 9.65. The van der Waals surface area contributed by atoms with Crippen LogP contribution in [-0.2, 0) is 0 Å². The Hall–Kier alpha value is -3.19. The highest BCUT2D eigenvalue weighted by atomic mass is 16.5. The molecule has 3 aromatic rings. The van der Waals surface area contributed by atoms with Crippen LogP contribution in [0.15, 0.2) is 54.7 Å². The van der Waals surface area contributed by atoms with Crippen LogP contribution in [0, 0.1) is 5.92 Å². The van der Waals surface area contributed by atoms with Crippen molar-refractivity contribution in [2.75, 3.05) is 24.4 Å². The summed E-state index contributed by atoms with van der Waals surface area (Å²) in [5.41, 5.74) is 2.21. The van der Waals surface area contributed by atoms with Crippen molar-refractivity contribution in [3.8, 4) is 17.1 Å². The number of hydrogen-bond acceptors (Lipinski definition) is 7. The predicted molar refractivity (Wildman–Crippen MR) is 111 cm³/mol. The molecule has 7 heteroatoms. The highest BCUT2D eigenvalue weighted by Crippen LogP contribution is 2.28. The summed E-state index contributed by atoms with van der Waals surface area (Å²) in [6.07, 6.45) is 1.72. The Labute approximate surface area is 164 Å². The summed E-state index contributed by atoms with van der Waals surface area (Å²) >= 11 is 0. The average molecular weight is 379 g/mol. The third-order valence-corrected chi connectivity index (χ3v) is 4.34. The van der Waals surface area contributed by atoms with Crippen molar-refractivity contribution in [1.82, 2.24) is 15.0 Å². The van der Waals surface area contributed by atoms with Gasteiger partial charge in [0.25, 0.3) is 0 Å². The fourth-order valence-electron chi connectivity index (χ4n) is 2.70. The van der Waals surface area contributed by atoms with E-state index in [1.165, 1.54) is 0 Å². The molecule has 28 heavy (non-hydrogen) atoms. The van der Waals surface area contributed by atoms with Crippen LogP contribution in [0.1, 0.15) is 13.8 Å². The van der Waals surface area contributed by atoms with E-state index in [1.54, 1.807) is 13.3 Å². The van der Waals surface area contributed by atoms with E-state index in [4.69, 9.17) is 4.74 Å². The van der Waals surface area contributed by atoms with Crippen LogP contribution in [0.2, 0.25) is 0 Å². The van der Waals surface area contributed by atoms with Crippen LogP contribution in [0.3, 0.4) is 0 Å². The molecule has 146 valence electrons. The molecular weight excluding hydrogens is 354 g/mol. The Kier molecular flexibility index (Phi) is 6.39. The minimum atomic E-state index is -0.155. The van der Waals surface area contributed by atoms with E-state index in [1.807, 2.05) is 62.4 Å². The van der Waals surface area contributed by atoms with Crippen molar-refractivity contribution >= 4 is 17.5 Å². The predicted octanol–water partition coefficient (Wildman–Crippen LogP) is 3.72. The molecule has 3 rings (SSSR count). The van der Waals surface area contributed by atoms with Crippen LogP contribution in [0.5, 0.6) is 5.75 Å². The molecule has 0 spiro atoms. The van der Waals surface area contributed by atoms with E-state index in [-0.39, 0.29) is 18.6 Å². The van der Waals surface area contributed by atoms with Gasteiger partial charge in [0.05, 0.1) is 36.8 Å². The number of aromatic nitrogens is 3. The molecule has 2 heterocycles. The number of anilines is 3. The lowest BCUT2D eigenvalue weighted by Crippen LogP contribution is -2.30. The second-order valence-corrected chi connectivity index (χ2v) is 6.68. The van der Waals surface area contributed by atoms with Crippen molar-refractivity contribution in [3.05, 3.63) is 54.7 Å². The number of rotatable bonds is 8. The summed E-state index contributed by atoms with van der Waals surface area (Å²) in [4.78, 5) is 13.5. The van der Waals surface area contributed by atoms with E-state index in [2.05, 4.69) is 25.6 Å². The lowest BCUT2D eigenvalue weighted by Gasteiger charge is -2.20. The number of ether oxygens (including phenoxy) is 1. The number of pyridine rings is 1. The number of para-hydroxylation sites is 2. The Morgan fingerprint density at radius 1 is 1.04 bits per heavy atom. The largest absolute Gasteiger partial charge is 0.495 e. The van der Waals surface area contributed by atoms with Crippen LogP contribution < -0.4 is 15.4 Å². The zero-order valence-corrected chi connectivity index (χ0v) is 16.3. The first kappa shape index (κ1) is 19.6. The van der Waals surface area contributed by atoms with Crippen molar-refractivity contribution < 1.29 is 9.84 Å². The summed E-state index contributed by atoms with van der Waals surface area (Å²) in [6, 6.07) is 15.0. The van der Waals surface area contributed by atoms with E-state index in [0.29, 0.717) is 23.2 Å². The van der Waals surface area contributed by atoms with E-state index in [9.17, 15) is 5.11 Å². The van der Waals surface area contributed by atoms with Crippen LogP contribution in [-0.4, -0.2) is 39.8 Å². The lowest BCUT2D eigenvalue weighted by atomic mass is 10.1. The highest BCUT2D eigenvalue weighted by Gasteiger charge is 2.16. The summed E-state index contributed by atoms with van der Waals surface area (Å²) in [6.45, 7) is 4.05. The molecule has 0 amide bonds. The second kappa shape index (κ2) is 9.14. The lowest BCUT2D eigenvalue weighted by molar-refractivity contribution is 0.248. The number of aliphatic hydroxyl groups excluding tert-OH is 1. The molecule has 0 aliphatic heterocycles. The molecule has 3 N–H and O–H groups in total. The molecular formula is C21H25N5O2. The fourth-order valence-corrected chi connectivity index (χ4v) is 2.70. The first-order valence-electron chi connectivity index (χ1n) is 9.18. The fraction of sp³-hybridized carbons (Fsp3) is 0.286. The summed E-state index contributed by atoms with van der Waals surface area (Å²) in [7, 11) is 1.63. The standard InChI is InChI=1S/C21H25N5O2/c1-14(2)18(13-27)25-21-24-17(15-8-6-7-11-22-15)12-20(26-21)23-16-9-4-5-10-19(16)28-3/h4-12,14,18,27H,13H2,1-3H3,(H2,23,24,25,26)/t18-/m0/s1. The smallest absolute Gasteiger partial charge is 0.225 e. The van der Waals surface area contributed by atoms with Gasteiger partial charge in [-0.05, 0) is 30.2 Å². The van der Waals surface area contributed by atoms with Gasteiger partial charge in [-0.2, -0.15) is 4.98 Å². The third kappa shape index (κ3) is 4.75. The summed E-state index contributed by atoms with van der Waals surface area (Å²) in [5.74, 6) is 1.96. The van der Waals surface area contributed by atoms with Crippen molar-refractivity contribution in [2.24, 2.45) is 5.92 Å². The number of aliphatic hydroxyl groups is 1. The van der Waals surface area contributed by atoms with Gasteiger partial charge in [-0.15, -0.1) is 0 Å². The molecule has 7 nitrogen and oxygen atoms in total. The van der Waals surface area contributed by atoms with Gasteiger partial charge in [0.2, 0.25) is 5.95 Å². The van der Waals surface area contributed by atoms with Crippen LogP contribution >= 0.6 is 0 Å². The average Bonchev–Trinajstić information content (AvgIpc) is 2.72. The Balaban J connectivity index is 1.99. The van der Waals surface area contributed by atoms with Crippen molar-refractivity contribution in [1.29, 1.82) is 0 Å². The topological polar surface area (TPSA) is 92.2 Å². The Morgan fingerprint density at radius 3 is 2.50 bits per heavy atom. The first-order valence-corrected chi connectivity index (χ1v) is 9.18.